The van der Waals surface area contributed by atoms with E-state index in [1.807, 2.05) is 0 Å². The quantitative estimate of drug-likeness (QED) is 0.229. The molecule has 0 aromatic rings. The molecule has 0 saturated heterocycles. The fourth-order valence-corrected chi connectivity index (χ4v) is 12.7. The third kappa shape index (κ3) is 6.44. The van der Waals surface area contributed by atoms with Crippen LogP contribution in [-0.4, -0.2) is 28.8 Å². The molecule has 0 N–H and O–H groups in total. The first-order valence-electron chi connectivity index (χ1n) is 16.8. The van der Waals surface area contributed by atoms with Crippen LogP contribution in [-0.2, 0) is 8.85 Å². The number of rotatable bonds is 11. The summed E-state index contributed by atoms with van der Waals surface area (Å²) >= 11 is 0. The van der Waals surface area contributed by atoms with Crippen molar-refractivity contribution in [2.75, 3.05) is 0 Å². The van der Waals surface area contributed by atoms with Gasteiger partial charge in [0.2, 0.25) is 16.6 Å². The Hall–Kier alpha value is -0.166. The van der Waals surface area contributed by atoms with Crippen LogP contribution < -0.4 is 0 Å². The van der Waals surface area contributed by atoms with E-state index in [0.717, 1.165) is 35.5 Å². The van der Waals surface area contributed by atoms with E-state index >= 15 is 0 Å². The molecule has 0 aliphatic heterocycles. The Morgan fingerprint density at radius 2 is 1.38 bits per heavy atom. The fraction of sp³-hybridized carbons (Fsp3) is 0.886. The van der Waals surface area contributed by atoms with Gasteiger partial charge >= 0.3 is 0 Å². The van der Waals surface area contributed by atoms with Gasteiger partial charge in [0.1, 0.15) is 0 Å². The second kappa shape index (κ2) is 11.8. The van der Waals surface area contributed by atoms with Gasteiger partial charge in [0.05, 0.1) is 0 Å². The molecule has 4 saturated carbocycles. The van der Waals surface area contributed by atoms with Crippen LogP contribution in [0.3, 0.4) is 0 Å². The van der Waals surface area contributed by atoms with Gasteiger partial charge in [-0.15, -0.1) is 13.2 Å². The van der Waals surface area contributed by atoms with Gasteiger partial charge in [-0.3, -0.25) is 0 Å². The molecule has 4 aliphatic carbocycles. The van der Waals surface area contributed by atoms with Crippen LogP contribution in [0.1, 0.15) is 105 Å². The van der Waals surface area contributed by atoms with Gasteiger partial charge < -0.3 is 8.85 Å². The Kier molecular flexibility index (Phi) is 9.65. The largest absolute Gasteiger partial charge is 0.411 e. The first-order chi connectivity index (χ1) is 18.2. The maximum Gasteiger partial charge on any atom is 0.210 e. The van der Waals surface area contributed by atoms with Crippen LogP contribution in [0.2, 0.25) is 26.2 Å². The summed E-state index contributed by atoms with van der Waals surface area (Å²) in [5.74, 6) is 5.79. The summed E-state index contributed by atoms with van der Waals surface area (Å²) in [5.41, 5.74) is 5.18. The van der Waals surface area contributed by atoms with Crippen LogP contribution >= 0.6 is 0 Å². The van der Waals surface area contributed by atoms with Gasteiger partial charge in [0.15, 0.2) is 0 Å². The summed E-state index contributed by atoms with van der Waals surface area (Å²) in [6.07, 6.45) is 15.7. The highest BCUT2D eigenvalue weighted by Crippen LogP contribution is 2.69. The third-order valence-corrected chi connectivity index (χ3v) is 16.5. The minimum Gasteiger partial charge on any atom is -0.411 e. The van der Waals surface area contributed by atoms with E-state index in [1.165, 1.54) is 70.6 Å². The Morgan fingerprint density at radius 3 is 2.03 bits per heavy atom. The zero-order valence-electron chi connectivity index (χ0n) is 27.4. The normalized spacial score (nSPS) is 41.4. The first kappa shape index (κ1) is 31.8. The maximum absolute atomic E-state index is 7.20. The average molecular weight is 573 g/mol. The van der Waals surface area contributed by atoms with Crippen molar-refractivity contribution in [1.29, 1.82) is 0 Å². The summed E-state index contributed by atoms with van der Waals surface area (Å²) in [6, 6.07) is 0. The second-order valence-electron chi connectivity index (χ2n) is 16.5. The highest BCUT2D eigenvalue weighted by molar-refractivity contribution is 6.76. The van der Waals surface area contributed by atoms with Gasteiger partial charge in [0, 0.05) is 12.2 Å². The standard InChI is InChI=1S/C35H64O2Si2/c1-12-38(8,9)36-27-19-21-35(7)31-20-22-34(6)29(26(5)16-14-15-25(3)4)17-18-30(34)28(31)24-33(32(35)23-27)37-39(10,11)13-2/h12-13,25-33H,1-2,14-24H2,3-11H3/t26-,27-,28?,29-,30+,31+,32-,33-,34-,35-/m1/s1. The highest BCUT2D eigenvalue weighted by Gasteiger charge is 2.63. The topological polar surface area (TPSA) is 18.5 Å². The molecule has 0 amide bonds. The van der Waals surface area contributed by atoms with E-state index in [9.17, 15) is 0 Å². The van der Waals surface area contributed by atoms with Crippen molar-refractivity contribution < 1.29 is 8.85 Å². The summed E-state index contributed by atoms with van der Waals surface area (Å²) in [6.45, 7) is 30.4. The molecule has 2 nitrogen and oxygen atoms in total. The predicted octanol–water partition coefficient (Wildman–Crippen LogP) is 10.3. The van der Waals surface area contributed by atoms with E-state index in [1.54, 1.807) is 0 Å². The molecule has 0 bridgehead atoms. The van der Waals surface area contributed by atoms with Crippen LogP contribution in [0.5, 0.6) is 0 Å². The van der Waals surface area contributed by atoms with E-state index in [4.69, 9.17) is 8.85 Å². The monoisotopic (exact) mass is 572 g/mol. The lowest BCUT2D eigenvalue weighted by atomic mass is 9.43. The first-order valence-corrected chi connectivity index (χ1v) is 22.8. The Morgan fingerprint density at radius 1 is 0.769 bits per heavy atom. The summed E-state index contributed by atoms with van der Waals surface area (Å²) in [7, 11) is -3.70. The fourth-order valence-electron chi connectivity index (χ4n) is 10.4. The predicted molar refractivity (Wildman–Crippen MR) is 174 cm³/mol. The lowest BCUT2D eigenvalue weighted by Crippen LogP contribution is -2.60. The van der Waals surface area contributed by atoms with Crippen LogP contribution in [0.25, 0.3) is 0 Å². The lowest BCUT2D eigenvalue weighted by Gasteiger charge is -2.63. The molecule has 4 aliphatic rings. The molecule has 1 unspecified atom stereocenters. The Balaban J connectivity index is 1.58. The Labute approximate surface area is 245 Å². The smallest absolute Gasteiger partial charge is 0.210 e. The molecule has 224 valence electrons. The Bertz CT molecular complexity index is 867. The lowest BCUT2D eigenvalue weighted by molar-refractivity contribution is -0.166. The zero-order valence-corrected chi connectivity index (χ0v) is 29.4. The molecule has 4 rings (SSSR count). The average Bonchev–Trinajstić information content (AvgIpc) is 3.21. The van der Waals surface area contributed by atoms with Crippen LogP contribution in [0.4, 0.5) is 0 Å². The number of hydrogen-bond acceptors (Lipinski definition) is 2. The molecule has 4 fully saturated rings. The van der Waals surface area contributed by atoms with Crippen LogP contribution in [0, 0.1) is 52.3 Å². The van der Waals surface area contributed by atoms with Gasteiger partial charge in [-0.2, -0.15) is 0 Å². The molecule has 4 heteroatoms. The molecule has 39 heavy (non-hydrogen) atoms. The number of hydrogen-bond donors (Lipinski definition) is 0. The SMILES string of the molecule is C=C[Si](C)(C)O[C@@H]1CC[C@@]2(C)[C@H](C1)[C@H](O[Si](C)(C)C=C)CC1[C@@H]2CC[C@]2(C)[C@@H]([C@H](C)CCCC(C)C)CC[C@@H]12. The molecule has 0 aromatic heterocycles. The highest BCUT2D eigenvalue weighted by atomic mass is 28.4. The van der Waals surface area contributed by atoms with E-state index < -0.39 is 16.6 Å². The second-order valence-corrected chi connectivity index (χ2v) is 24.2. The van der Waals surface area contributed by atoms with Gasteiger partial charge in [-0.05, 0) is 130 Å². The van der Waals surface area contributed by atoms with Crippen LogP contribution in [0.15, 0.2) is 24.6 Å². The molecular weight excluding hydrogens is 509 g/mol. The van der Waals surface area contributed by atoms with Crippen molar-refractivity contribution in [3.05, 3.63) is 24.6 Å². The summed E-state index contributed by atoms with van der Waals surface area (Å²) < 4.78 is 14.0. The van der Waals surface area contributed by atoms with Crippen molar-refractivity contribution in [3.8, 4) is 0 Å². The summed E-state index contributed by atoms with van der Waals surface area (Å²) in [4.78, 5) is 0. The maximum atomic E-state index is 7.20. The molecule has 0 aromatic carbocycles. The minimum absolute atomic E-state index is 0.362. The van der Waals surface area contributed by atoms with Crippen molar-refractivity contribution in [3.63, 3.8) is 0 Å². The van der Waals surface area contributed by atoms with Gasteiger partial charge in [-0.1, -0.05) is 65.3 Å². The zero-order chi connectivity index (χ0) is 28.8. The van der Waals surface area contributed by atoms with E-state index in [0.29, 0.717) is 29.0 Å². The molecular formula is C35H64O2Si2. The van der Waals surface area contributed by atoms with Crippen molar-refractivity contribution in [1.82, 2.24) is 0 Å². The molecule has 0 spiro atoms. The molecule has 0 radical (unpaired) electrons. The minimum atomic E-state index is -1.90. The van der Waals surface area contributed by atoms with E-state index in [2.05, 4.69) is 85.4 Å². The molecule has 0 heterocycles. The van der Waals surface area contributed by atoms with E-state index in [-0.39, 0.29) is 0 Å². The summed E-state index contributed by atoms with van der Waals surface area (Å²) in [5, 5.41) is 0. The van der Waals surface area contributed by atoms with Crippen molar-refractivity contribution in [2.24, 2.45) is 52.3 Å². The van der Waals surface area contributed by atoms with Crippen molar-refractivity contribution >= 4 is 16.6 Å². The van der Waals surface area contributed by atoms with Gasteiger partial charge in [-0.25, -0.2) is 0 Å². The van der Waals surface area contributed by atoms with Crippen molar-refractivity contribution in [2.45, 2.75) is 144 Å². The van der Waals surface area contributed by atoms with Gasteiger partial charge in [0.25, 0.3) is 0 Å². The number of fused-ring (bicyclic) bond motifs is 5. The molecule has 10 atom stereocenters. The third-order valence-electron chi connectivity index (χ3n) is 12.7.